The Morgan fingerprint density at radius 1 is 0.679 bits per heavy atom. The summed E-state index contributed by atoms with van der Waals surface area (Å²) in [6.07, 6.45) is 13.0. The van der Waals surface area contributed by atoms with E-state index >= 15 is 0 Å². The number of ether oxygens (including phenoxy) is 3. The Morgan fingerprint density at radius 3 is 1.61 bits per heavy atom. The zero-order valence-corrected chi connectivity index (χ0v) is 19.5. The lowest BCUT2D eigenvalue weighted by Crippen LogP contribution is -2.26. The van der Waals surface area contributed by atoms with Crippen molar-refractivity contribution < 1.29 is 28.2 Å². The minimum atomic E-state index is -2.57. The molecule has 0 aliphatic rings. The van der Waals surface area contributed by atoms with Gasteiger partial charge in [-0.15, -0.1) is 9.42 Å². The summed E-state index contributed by atoms with van der Waals surface area (Å²) in [6.45, 7) is 9.86. The number of hydrogen-bond acceptors (Lipinski definition) is 5. The van der Waals surface area contributed by atoms with E-state index < -0.39 is 8.25 Å². The third kappa shape index (κ3) is 20.6. The van der Waals surface area contributed by atoms with E-state index in [-0.39, 0.29) is 24.9 Å². The van der Waals surface area contributed by atoms with Gasteiger partial charge in [0, 0.05) is 11.2 Å². The van der Waals surface area contributed by atoms with Crippen LogP contribution in [0.2, 0.25) is 0 Å². The summed E-state index contributed by atoms with van der Waals surface area (Å²) in [4.78, 5) is 8.60. The van der Waals surface area contributed by atoms with Gasteiger partial charge in [0.25, 0.3) is 0 Å². The molecule has 0 rings (SSSR count). The molecule has 0 fully saturated rings. The highest BCUT2D eigenvalue weighted by atomic mass is 31.1. The van der Waals surface area contributed by atoms with Crippen molar-refractivity contribution in [3.63, 3.8) is 0 Å². The second kappa shape index (κ2) is 20.2. The lowest BCUT2D eigenvalue weighted by molar-refractivity contribution is -0.0732. The lowest BCUT2D eigenvalue weighted by Gasteiger charge is -2.19. The fourth-order valence-corrected chi connectivity index (χ4v) is 3.12. The first-order valence-corrected chi connectivity index (χ1v) is 12.2. The molecule has 0 bridgehead atoms. The van der Waals surface area contributed by atoms with E-state index in [2.05, 4.69) is 11.4 Å². The molecule has 0 aliphatic heterocycles. The Balaban J connectivity index is 3.42. The molecule has 0 aromatic rings. The average Bonchev–Trinajstić information content (AvgIpc) is 2.67. The number of hydrogen-bond donors (Lipinski definition) is 1. The van der Waals surface area contributed by atoms with Crippen LogP contribution in [0.1, 0.15) is 91.9 Å². The molecular weight excluding hydrogens is 379 g/mol. The maximum Gasteiger partial charge on any atom is 0.694 e. The first-order chi connectivity index (χ1) is 13.5. The molecule has 1 N–H and O–H groups in total. The predicted octanol–water partition coefficient (Wildman–Crippen LogP) is 5.79. The van der Waals surface area contributed by atoms with Crippen LogP contribution in [0.25, 0.3) is 0 Å². The van der Waals surface area contributed by atoms with E-state index in [1.54, 1.807) is 6.92 Å². The highest BCUT2D eigenvalue weighted by Crippen LogP contribution is 2.15. The highest BCUT2D eigenvalue weighted by Gasteiger charge is 2.16. The highest BCUT2D eigenvalue weighted by molar-refractivity contribution is 7.32. The second-order valence-corrected chi connectivity index (χ2v) is 8.42. The van der Waals surface area contributed by atoms with Crippen LogP contribution in [0, 0.1) is 0 Å². The minimum absolute atomic E-state index is 0.0614. The van der Waals surface area contributed by atoms with Gasteiger partial charge >= 0.3 is 8.25 Å². The van der Waals surface area contributed by atoms with Gasteiger partial charge in [0.05, 0.1) is 31.5 Å². The quantitative estimate of drug-likeness (QED) is 0.186. The van der Waals surface area contributed by atoms with E-state index in [9.17, 15) is 4.57 Å². The van der Waals surface area contributed by atoms with Crippen LogP contribution in [-0.4, -0.2) is 49.6 Å². The Hall–Kier alpha value is -0.100. The van der Waals surface area contributed by atoms with E-state index in [0.717, 1.165) is 13.0 Å². The van der Waals surface area contributed by atoms with Gasteiger partial charge in [0.1, 0.15) is 6.61 Å². The first kappa shape index (κ1) is 27.9. The maximum absolute atomic E-state index is 10.5. The molecule has 0 amide bonds. The van der Waals surface area contributed by atoms with Crippen LogP contribution < -0.4 is 0 Å². The molecule has 0 heterocycles. The van der Waals surface area contributed by atoms with Crippen molar-refractivity contribution in [3.05, 3.63) is 0 Å². The van der Waals surface area contributed by atoms with E-state index in [0.29, 0.717) is 13.2 Å². The molecule has 0 aliphatic carbocycles. The summed E-state index contributed by atoms with van der Waals surface area (Å²) >= 11 is 0. The van der Waals surface area contributed by atoms with Crippen LogP contribution in [0.5, 0.6) is 0 Å². The number of unbranched alkanes of at least 4 members (excludes halogenated alkanes) is 9. The molecule has 28 heavy (non-hydrogen) atoms. The van der Waals surface area contributed by atoms with Crippen LogP contribution in [-0.2, 0) is 23.3 Å². The molecule has 168 valence electrons. The molecule has 0 radical (unpaired) electrons. The van der Waals surface area contributed by atoms with Crippen LogP contribution in [0.15, 0.2) is 0 Å². The van der Waals surface area contributed by atoms with Crippen molar-refractivity contribution in [2.75, 3.05) is 26.4 Å². The molecule has 4 unspecified atom stereocenters. The average molecular weight is 424 g/mol. The molecule has 0 aromatic heterocycles. The topological polar surface area (TPSA) is 74.2 Å². The Kier molecular flexibility index (Phi) is 20.1. The zero-order valence-electron chi connectivity index (χ0n) is 18.6. The number of rotatable bonds is 21. The summed E-state index contributed by atoms with van der Waals surface area (Å²) in [5, 5.41) is 0. The third-order valence-electron chi connectivity index (χ3n) is 4.55. The van der Waals surface area contributed by atoms with Crippen molar-refractivity contribution in [3.8, 4) is 0 Å². The largest absolute Gasteiger partial charge is 0.694 e. The molecule has 0 spiro atoms. The minimum Gasteiger partial charge on any atom is -0.376 e. The summed E-state index contributed by atoms with van der Waals surface area (Å²) in [6, 6.07) is 0. The van der Waals surface area contributed by atoms with E-state index in [4.69, 9.17) is 19.1 Å². The Labute approximate surface area is 173 Å². The van der Waals surface area contributed by atoms with Gasteiger partial charge in [-0.1, -0.05) is 64.7 Å². The molecule has 0 saturated heterocycles. The van der Waals surface area contributed by atoms with E-state index in [1.165, 1.54) is 57.8 Å². The molecule has 6 nitrogen and oxygen atoms in total. The smallest absolute Gasteiger partial charge is 0.376 e. The molecule has 4 atom stereocenters. The molecule has 0 aromatic carbocycles. The van der Waals surface area contributed by atoms with Gasteiger partial charge in [-0.05, 0) is 27.2 Å². The summed E-state index contributed by atoms with van der Waals surface area (Å²) in [5.41, 5.74) is 0. The zero-order chi connectivity index (χ0) is 21.0. The van der Waals surface area contributed by atoms with Gasteiger partial charge in [0.15, 0.2) is 0 Å². The van der Waals surface area contributed by atoms with Crippen molar-refractivity contribution in [1.82, 2.24) is 0 Å². The van der Waals surface area contributed by atoms with Crippen LogP contribution in [0.3, 0.4) is 0 Å². The van der Waals surface area contributed by atoms with Gasteiger partial charge in [-0.2, -0.15) is 0 Å². The van der Waals surface area contributed by atoms with Gasteiger partial charge in [-0.25, -0.2) is 0 Å². The maximum atomic E-state index is 10.5. The standard InChI is InChI=1S/C21H43O6P/c1-5-6-7-8-9-10-11-12-13-14-15-24-19(2)16-25-20(3)17-26-21(4)18-27-28(22)23/h19-21H,5-18H2,1-4H3/p+1. The molecule has 7 heteroatoms. The second-order valence-electron chi connectivity index (χ2n) is 7.68. The SMILES string of the molecule is CCCCCCCCCCCCOC(C)COC(C)COC(C)CO[P+](=O)O. The third-order valence-corrected chi connectivity index (χ3v) is 4.92. The molecule has 0 saturated carbocycles. The van der Waals surface area contributed by atoms with Crippen molar-refractivity contribution in [2.45, 2.75) is 110 Å². The summed E-state index contributed by atoms with van der Waals surface area (Å²) < 4.78 is 32.2. The monoisotopic (exact) mass is 423 g/mol. The Morgan fingerprint density at radius 2 is 1.11 bits per heavy atom. The lowest BCUT2D eigenvalue weighted by atomic mass is 10.1. The van der Waals surface area contributed by atoms with Crippen LogP contribution >= 0.6 is 8.25 Å². The van der Waals surface area contributed by atoms with Crippen molar-refractivity contribution in [2.24, 2.45) is 0 Å². The van der Waals surface area contributed by atoms with Gasteiger partial charge in [0.2, 0.25) is 0 Å². The fraction of sp³-hybridized carbons (Fsp3) is 1.00. The van der Waals surface area contributed by atoms with Crippen LogP contribution in [0.4, 0.5) is 0 Å². The first-order valence-electron chi connectivity index (χ1n) is 11.1. The van der Waals surface area contributed by atoms with Crippen molar-refractivity contribution in [1.29, 1.82) is 0 Å². The summed E-state index contributed by atoms with van der Waals surface area (Å²) in [7, 11) is -2.57. The van der Waals surface area contributed by atoms with Gasteiger partial charge in [-0.3, -0.25) is 0 Å². The van der Waals surface area contributed by atoms with E-state index in [1.807, 2.05) is 13.8 Å². The normalized spacial score (nSPS) is 15.4. The van der Waals surface area contributed by atoms with Crippen molar-refractivity contribution >= 4 is 8.25 Å². The molecular formula is C21H44O6P+. The van der Waals surface area contributed by atoms with Gasteiger partial charge < -0.3 is 14.2 Å². The fourth-order valence-electron chi connectivity index (χ4n) is 2.79. The Bertz CT molecular complexity index is 356. The summed E-state index contributed by atoms with van der Waals surface area (Å²) in [5.74, 6) is 0. The predicted molar refractivity (Wildman–Crippen MR) is 114 cm³/mol.